The molecule has 0 fully saturated rings. The fourth-order valence-electron chi connectivity index (χ4n) is 5.71. The van der Waals surface area contributed by atoms with Crippen LogP contribution >= 0.6 is 11.6 Å². The number of aromatic amines is 2. The van der Waals surface area contributed by atoms with E-state index in [-0.39, 0.29) is 18.4 Å². The molecule has 4 N–H and O–H groups in total. The number of carbonyl (C=O) groups excluding carboxylic acids is 2. The Kier molecular flexibility index (Phi) is 8.22. The summed E-state index contributed by atoms with van der Waals surface area (Å²) < 4.78 is 5.42. The van der Waals surface area contributed by atoms with E-state index in [1.807, 2.05) is 67.8 Å². The van der Waals surface area contributed by atoms with E-state index in [0.29, 0.717) is 30.2 Å². The van der Waals surface area contributed by atoms with Gasteiger partial charge in [-0.25, -0.2) is 0 Å². The molecular formula is C34H34ClN5O3. The largest absolute Gasteiger partial charge is 0.497 e. The summed E-state index contributed by atoms with van der Waals surface area (Å²) in [7, 11) is 1.68. The number of amides is 2. The van der Waals surface area contributed by atoms with Gasteiger partial charge >= 0.3 is 0 Å². The second kappa shape index (κ2) is 12.4. The number of hydrogen-bond acceptors (Lipinski definition) is 4. The van der Waals surface area contributed by atoms with E-state index in [0.717, 1.165) is 57.2 Å². The second-order valence-electron chi connectivity index (χ2n) is 10.7. The molecule has 220 valence electrons. The van der Waals surface area contributed by atoms with Crippen LogP contribution < -0.4 is 15.4 Å². The van der Waals surface area contributed by atoms with Gasteiger partial charge in [0.2, 0.25) is 11.8 Å². The Bertz CT molecular complexity index is 1850. The van der Waals surface area contributed by atoms with Crippen molar-refractivity contribution in [3.8, 4) is 16.9 Å². The zero-order valence-electron chi connectivity index (χ0n) is 24.2. The van der Waals surface area contributed by atoms with Crippen molar-refractivity contribution < 1.29 is 14.3 Å². The van der Waals surface area contributed by atoms with Gasteiger partial charge in [0.1, 0.15) is 5.75 Å². The molecule has 0 saturated heterocycles. The number of hydrogen-bond donors (Lipinski definition) is 4. The first kappa shape index (κ1) is 28.6. The quantitative estimate of drug-likeness (QED) is 0.152. The van der Waals surface area contributed by atoms with Crippen molar-refractivity contribution in [3.05, 3.63) is 89.2 Å². The Morgan fingerprint density at radius 2 is 1.77 bits per heavy atom. The molecule has 6 rings (SSSR count). The molecule has 0 aliphatic carbocycles. The first-order valence-electron chi connectivity index (χ1n) is 14.5. The molecule has 3 heterocycles. The van der Waals surface area contributed by atoms with E-state index < -0.39 is 0 Å². The van der Waals surface area contributed by atoms with Gasteiger partial charge in [0.15, 0.2) is 0 Å². The van der Waals surface area contributed by atoms with Crippen LogP contribution in [0, 0.1) is 0 Å². The molecule has 0 bridgehead atoms. The van der Waals surface area contributed by atoms with Gasteiger partial charge in [-0.3, -0.25) is 14.5 Å². The summed E-state index contributed by atoms with van der Waals surface area (Å²) in [6, 6.07) is 17.7. The molecule has 5 aromatic rings. The van der Waals surface area contributed by atoms with E-state index in [9.17, 15) is 9.59 Å². The molecule has 2 amide bonds. The summed E-state index contributed by atoms with van der Waals surface area (Å²) in [5.41, 5.74) is 7.51. The third-order valence-electron chi connectivity index (χ3n) is 8.05. The summed E-state index contributed by atoms with van der Waals surface area (Å²) in [5.74, 6) is 0.664. The summed E-state index contributed by atoms with van der Waals surface area (Å²) in [4.78, 5) is 34.1. The lowest BCUT2D eigenvalue weighted by Gasteiger charge is -2.26. The number of methoxy groups -OCH3 is 1. The summed E-state index contributed by atoms with van der Waals surface area (Å²) in [6.07, 6.45) is 7.39. The molecule has 0 unspecified atom stereocenters. The van der Waals surface area contributed by atoms with Crippen LogP contribution in [0.2, 0.25) is 5.02 Å². The van der Waals surface area contributed by atoms with Crippen LogP contribution in [0.25, 0.3) is 38.5 Å². The highest BCUT2D eigenvalue weighted by Crippen LogP contribution is 2.41. The Balaban J connectivity index is 1.21. The summed E-state index contributed by atoms with van der Waals surface area (Å²) in [5, 5.41) is 8.66. The van der Waals surface area contributed by atoms with Gasteiger partial charge in [-0.2, -0.15) is 0 Å². The van der Waals surface area contributed by atoms with Crippen molar-refractivity contribution >= 4 is 56.5 Å². The van der Waals surface area contributed by atoms with Gasteiger partial charge in [-0.1, -0.05) is 48.9 Å². The van der Waals surface area contributed by atoms with Crippen LogP contribution in [0.15, 0.2) is 73.1 Å². The minimum absolute atomic E-state index is 0.0507. The van der Waals surface area contributed by atoms with Gasteiger partial charge in [0.25, 0.3) is 0 Å². The summed E-state index contributed by atoms with van der Waals surface area (Å²) in [6.45, 7) is 3.81. The Morgan fingerprint density at radius 1 is 0.977 bits per heavy atom. The van der Waals surface area contributed by atoms with Crippen molar-refractivity contribution in [3.63, 3.8) is 0 Å². The molecule has 0 atom stereocenters. The van der Waals surface area contributed by atoms with Crippen molar-refractivity contribution in [1.82, 2.24) is 20.2 Å². The van der Waals surface area contributed by atoms with Crippen molar-refractivity contribution in [2.75, 3.05) is 32.1 Å². The first-order valence-corrected chi connectivity index (χ1v) is 14.8. The van der Waals surface area contributed by atoms with E-state index in [1.54, 1.807) is 7.11 Å². The monoisotopic (exact) mass is 595 g/mol. The molecule has 9 heteroatoms. The van der Waals surface area contributed by atoms with Gasteiger partial charge in [0, 0.05) is 76.9 Å². The van der Waals surface area contributed by atoms with Gasteiger partial charge in [-0.05, 0) is 47.9 Å². The number of para-hydroxylation sites is 1. The molecule has 8 nitrogen and oxygen atoms in total. The minimum Gasteiger partial charge on any atom is -0.497 e. The molecule has 1 aliphatic rings. The van der Waals surface area contributed by atoms with Crippen LogP contribution in [0.3, 0.4) is 0 Å². The average molecular weight is 596 g/mol. The topological polar surface area (TPSA) is 102 Å². The SMILES string of the molecule is CCC(=O)NCc1ccc(NC(=O)CN2CC=C(c3c[nH]c4ccc(OC)cc34)CC2)c(-c2c[nH]c3ccccc23)c1Cl. The number of nitrogens with one attached hydrogen (secondary N) is 4. The number of anilines is 1. The molecule has 43 heavy (non-hydrogen) atoms. The van der Waals surface area contributed by atoms with Crippen LogP contribution in [-0.2, 0) is 16.1 Å². The van der Waals surface area contributed by atoms with Crippen LogP contribution in [0.5, 0.6) is 5.75 Å². The smallest absolute Gasteiger partial charge is 0.238 e. The number of halogens is 1. The standard InChI is InChI=1S/C34H34ClN5O3/c1-3-31(41)38-17-22-8-10-30(33(34(22)35)27-19-37-28-7-5-4-6-24(27)28)39-32(42)20-40-14-12-21(13-15-40)26-18-36-29-11-9-23(43-2)16-25(26)29/h4-12,16,18-19,36-37H,3,13-15,17,20H2,1-2H3,(H,38,41)(H,39,42). The number of fused-ring (bicyclic) bond motifs is 2. The molecule has 0 radical (unpaired) electrons. The predicted octanol–water partition coefficient (Wildman–Crippen LogP) is 6.73. The fraction of sp³-hybridized carbons (Fsp3) is 0.235. The Labute approximate surface area is 255 Å². The number of benzene rings is 3. The number of aromatic nitrogens is 2. The predicted molar refractivity (Wildman–Crippen MR) is 173 cm³/mol. The zero-order valence-corrected chi connectivity index (χ0v) is 25.0. The molecule has 1 aliphatic heterocycles. The number of nitrogens with zero attached hydrogens (tertiary/aromatic N) is 1. The highest BCUT2D eigenvalue weighted by Gasteiger charge is 2.21. The average Bonchev–Trinajstić information content (AvgIpc) is 3.65. The van der Waals surface area contributed by atoms with Crippen LogP contribution in [0.1, 0.15) is 30.9 Å². The maximum absolute atomic E-state index is 13.4. The van der Waals surface area contributed by atoms with Crippen molar-refractivity contribution in [2.24, 2.45) is 0 Å². The highest BCUT2D eigenvalue weighted by atomic mass is 35.5. The third kappa shape index (κ3) is 5.89. The molecule has 2 aromatic heterocycles. The van der Waals surface area contributed by atoms with Gasteiger partial charge < -0.3 is 25.3 Å². The first-order chi connectivity index (χ1) is 20.9. The Hall–Kier alpha value is -4.53. The fourth-order valence-corrected chi connectivity index (χ4v) is 6.04. The van der Waals surface area contributed by atoms with E-state index in [2.05, 4.69) is 37.6 Å². The minimum atomic E-state index is -0.113. The number of H-pyrrole nitrogens is 2. The summed E-state index contributed by atoms with van der Waals surface area (Å²) >= 11 is 6.99. The van der Waals surface area contributed by atoms with Gasteiger partial charge in [0.05, 0.1) is 24.4 Å². The Morgan fingerprint density at radius 3 is 2.53 bits per heavy atom. The number of rotatable bonds is 9. The van der Waals surface area contributed by atoms with Gasteiger partial charge in [-0.15, -0.1) is 0 Å². The van der Waals surface area contributed by atoms with E-state index in [1.165, 1.54) is 11.1 Å². The van der Waals surface area contributed by atoms with E-state index >= 15 is 0 Å². The second-order valence-corrected chi connectivity index (χ2v) is 11.1. The van der Waals surface area contributed by atoms with Crippen LogP contribution in [0.4, 0.5) is 5.69 Å². The lowest BCUT2D eigenvalue weighted by atomic mass is 9.98. The normalized spacial score (nSPS) is 13.7. The third-order valence-corrected chi connectivity index (χ3v) is 8.48. The molecule has 0 spiro atoms. The number of ether oxygens (including phenoxy) is 1. The van der Waals surface area contributed by atoms with E-state index in [4.69, 9.17) is 16.3 Å². The van der Waals surface area contributed by atoms with Crippen molar-refractivity contribution in [1.29, 1.82) is 0 Å². The number of carbonyl (C=O) groups is 2. The maximum atomic E-state index is 13.4. The molecule has 0 saturated carbocycles. The maximum Gasteiger partial charge on any atom is 0.238 e. The molecule has 3 aromatic carbocycles. The lowest BCUT2D eigenvalue weighted by molar-refractivity contribution is -0.121. The van der Waals surface area contributed by atoms with Crippen molar-refractivity contribution in [2.45, 2.75) is 26.3 Å². The molecular weight excluding hydrogens is 562 g/mol. The lowest BCUT2D eigenvalue weighted by Crippen LogP contribution is -2.36. The zero-order chi connectivity index (χ0) is 29.9. The highest BCUT2D eigenvalue weighted by molar-refractivity contribution is 6.35. The van der Waals surface area contributed by atoms with Crippen LogP contribution in [-0.4, -0.2) is 53.4 Å².